The molecule has 0 radical (unpaired) electrons. The highest BCUT2D eigenvalue weighted by Crippen LogP contribution is 2.21. The number of rotatable bonds is 6. The number of carbonyl (C=O) groups is 2. The van der Waals surface area contributed by atoms with Crippen molar-refractivity contribution in [3.05, 3.63) is 71.3 Å². The maximum Gasteiger partial charge on any atom is 0.224 e. The van der Waals surface area contributed by atoms with E-state index < -0.39 is 0 Å². The first-order valence-corrected chi connectivity index (χ1v) is 8.85. The number of nitrogens with zero attached hydrogens (tertiary/aromatic N) is 1. The van der Waals surface area contributed by atoms with E-state index in [0.717, 1.165) is 22.4 Å². The predicted octanol–water partition coefficient (Wildman–Crippen LogP) is 4.87. The van der Waals surface area contributed by atoms with E-state index in [1.54, 1.807) is 13.2 Å². The van der Waals surface area contributed by atoms with Crippen LogP contribution in [0.2, 0.25) is 0 Å². The van der Waals surface area contributed by atoms with Gasteiger partial charge in [0.15, 0.2) is 11.7 Å². The van der Waals surface area contributed by atoms with Crippen molar-refractivity contribution in [2.24, 2.45) is 0 Å². The average Bonchev–Trinajstić information content (AvgIpc) is 3.09. The van der Waals surface area contributed by atoms with Crippen LogP contribution in [-0.4, -0.2) is 16.7 Å². The highest BCUT2D eigenvalue weighted by Gasteiger charge is 2.12. The van der Waals surface area contributed by atoms with E-state index in [0.29, 0.717) is 17.1 Å². The normalized spacial score (nSPS) is 10.6. The van der Waals surface area contributed by atoms with Crippen molar-refractivity contribution in [1.82, 2.24) is 4.98 Å². The van der Waals surface area contributed by atoms with E-state index in [1.807, 2.05) is 56.3 Å². The summed E-state index contributed by atoms with van der Waals surface area (Å²) in [6.45, 7) is 5.65. The molecule has 27 heavy (non-hydrogen) atoms. The van der Waals surface area contributed by atoms with Gasteiger partial charge in [-0.15, -0.1) is 0 Å². The number of hydrogen-bond acceptors (Lipinski definition) is 4. The monoisotopic (exact) mass is 362 g/mol. The quantitative estimate of drug-likeness (QED) is 0.635. The second-order valence-corrected chi connectivity index (χ2v) is 6.62. The van der Waals surface area contributed by atoms with Crippen LogP contribution in [0.4, 0.5) is 5.69 Å². The molecule has 2 aromatic carbocycles. The number of hydrogen-bond donors (Lipinski definition) is 1. The molecule has 0 spiro atoms. The minimum atomic E-state index is -0.182. The number of benzene rings is 2. The average molecular weight is 362 g/mol. The Kier molecular flexibility index (Phi) is 5.50. The first-order chi connectivity index (χ1) is 12.9. The molecule has 0 saturated carbocycles. The SMILES string of the molecule is Cc1ccc(C)c(C(=O)CCC(=O)Nc2ccc(-c3coc(C)n3)cc2)c1. The molecule has 1 heterocycles. The third-order valence-electron chi connectivity index (χ3n) is 4.36. The largest absolute Gasteiger partial charge is 0.449 e. The molecular formula is C22H22N2O3. The number of carbonyl (C=O) groups excluding carboxylic acids is 2. The molecule has 3 aromatic rings. The Morgan fingerprint density at radius 3 is 2.41 bits per heavy atom. The Morgan fingerprint density at radius 2 is 1.74 bits per heavy atom. The molecule has 1 amide bonds. The zero-order valence-electron chi connectivity index (χ0n) is 15.7. The second-order valence-electron chi connectivity index (χ2n) is 6.62. The summed E-state index contributed by atoms with van der Waals surface area (Å²) in [5, 5.41) is 2.82. The summed E-state index contributed by atoms with van der Waals surface area (Å²) < 4.78 is 5.21. The van der Waals surface area contributed by atoms with Gasteiger partial charge in [0.05, 0.1) is 0 Å². The second kappa shape index (κ2) is 7.99. The number of aryl methyl sites for hydroxylation is 3. The summed E-state index contributed by atoms with van der Waals surface area (Å²) in [5.41, 5.74) is 5.01. The van der Waals surface area contributed by atoms with Gasteiger partial charge in [-0.2, -0.15) is 0 Å². The molecule has 0 saturated heterocycles. The molecule has 0 fully saturated rings. The van der Waals surface area contributed by atoms with E-state index in [2.05, 4.69) is 10.3 Å². The smallest absolute Gasteiger partial charge is 0.224 e. The molecule has 138 valence electrons. The van der Waals surface area contributed by atoms with Gasteiger partial charge in [0.2, 0.25) is 5.91 Å². The fraction of sp³-hybridized carbons (Fsp3) is 0.227. The topological polar surface area (TPSA) is 72.2 Å². The molecule has 0 aliphatic heterocycles. The molecule has 0 atom stereocenters. The number of ketones is 1. The minimum Gasteiger partial charge on any atom is -0.449 e. The van der Waals surface area contributed by atoms with Gasteiger partial charge < -0.3 is 9.73 Å². The van der Waals surface area contributed by atoms with Crippen LogP contribution < -0.4 is 5.32 Å². The minimum absolute atomic E-state index is 0.0110. The van der Waals surface area contributed by atoms with Crippen LogP contribution in [-0.2, 0) is 4.79 Å². The summed E-state index contributed by atoms with van der Waals surface area (Å²) in [4.78, 5) is 28.8. The molecule has 5 nitrogen and oxygen atoms in total. The van der Waals surface area contributed by atoms with Crippen LogP contribution in [0.25, 0.3) is 11.3 Å². The molecule has 1 aromatic heterocycles. The van der Waals surface area contributed by atoms with Crippen molar-refractivity contribution in [1.29, 1.82) is 0 Å². The standard InChI is InChI=1S/C22H22N2O3/c1-14-4-5-15(2)19(12-14)21(25)10-11-22(26)24-18-8-6-17(7-9-18)20-13-27-16(3)23-20/h4-9,12-13H,10-11H2,1-3H3,(H,24,26). The van der Waals surface area contributed by atoms with Gasteiger partial charge in [0.25, 0.3) is 0 Å². The van der Waals surface area contributed by atoms with E-state index in [1.165, 1.54) is 0 Å². The maximum absolute atomic E-state index is 12.4. The van der Waals surface area contributed by atoms with Crippen LogP contribution >= 0.6 is 0 Å². The third-order valence-corrected chi connectivity index (χ3v) is 4.36. The van der Waals surface area contributed by atoms with E-state index in [4.69, 9.17) is 4.42 Å². The van der Waals surface area contributed by atoms with Gasteiger partial charge in [0, 0.05) is 36.6 Å². The number of anilines is 1. The third kappa shape index (κ3) is 4.70. The van der Waals surface area contributed by atoms with Gasteiger partial charge in [0.1, 0.15) is 12.0 Å². The van der Waals surface area contributed by atoms with Gasteiger partial charge in [-0.3, -0.25) is 9.59 Å². The van der Waals surface area contributed by atoms with Crippen molar-refractivity contribution in [2.45, 2.75) is 33.6 Å². The molecular weight excluding hydrogens is 340 g/mol. The number of amides is 1. The molecule has 1 N–H and O–H groups in total. The van der Waals surface area contributed by atoms with Gasteiger partial charge in [-0.25, -0.2) is 4.98 Å². The Labute approximate surface area is 158 Å². The fourth-order valence-electron chi connectivity index (χ4n) is 2.84. The summed E-state index contributed by atoms with van der Waals surface area (Å²) in [5.74, 6) is 0.415. The lowest BCUT2D eigenvalue weighted by Gasteiger charge is -2.08. The van der Waals surface area contributed by atoms with Crippen LogP contribution in [0.5, 0.6) is 0 Å². The van der Waals surface area contributed by atoms with Crippen molar-refractivity contribution in [2.75, 3.05) is 5.32 Å². The van der Waals surface area contributed by atoms with Gasteiger partial charge in [-0.05, 0) is 37.6 Å². The molecule has 0 aliphatic carbocycles. The maximum atomic E-state index is 12.4. The summed E-state index contributed by atoms with van der Waals surface area (Å²) in [7, 11) is 0. The lowest BCUT2D eigenvalue weighted by Crippen LogP contribution is -2.14. The van der Waals surface area contributed by atoms with E-state index >= 15 is 0 Å². The van der Waals surface area contributed by atoms with Crippen molar-refractivity contribution < 1.29 is 14.0 Å². The lowest BCUT2D eigenvalue weighted by atomic mass is 9.99. The number of aromatic nitrogens is 1. The summed E-state index contributed by atoms with van der Waals surface area (Å²) in [6, 6.07) is 13.1. The van der Waals surface area contributed by atoms with Gasteiger partial charge >= 0.3 is 0 Å². The van der Waals surface area contributed by atoms with Crippen molar-refractivity contribution in [3.63, 3.8) is 0 Å². The zero-order valence-corrected chi connectivity index (χ0v) is 15.7. The predicted molar refractivity (Wildman–Crippen MR) is 105 cm³/mol. The first kappa shape index (κ1) is 18.6. The fourth-order valence-corrected chi connectivity index (χ4v) is 2.84. The van der Waals surface area contributed by atoms with Crippen LogP contribution in [0.3, 0.4) is 0 Å². The number of oxazole rings is 1. The molecule has 0 unspecified atom stereocenters. The van der Waals surface area contributed by atoms with Crippen molar-refractivity contribution in [3.8, 4) is 11.3 Å². The highest BCUT2D eigenvalue weighted by atomic mass is 16.3. The lowest BCUT2D eigenvalue weighted by molar-refractivity contribution is -0.116. The Balaban J connectivity index is 1.56. The first-order valence-electron chi connectivity index (χ1n) is 8.85. The summed E-state index contributed by atoms with van der Waals surface area (Å²) >= 11 is 0. The van der Waals surface area contributed by atoms with Crippen LogP contribution in [0, 0.1) is 20.8 Å². The molecule has 3 rings (SSSR count). The molecule has 0 aliphatic rings. The molecule has 0 bridgehead atoms. The van der Waals surface area contributed by atoms with Crippen molar-refractivity contribution >= 4 is 17.4 Å². The van der Waals surface area contributed by atoms with E-state index in [-0.39, 0.29) is 24.5 Å². The Morgan fingerprint density at radius 1 is 1.00 bits per heavy atom. The van der Waals surface area contributed by atoms with Crippen LogP contribution in [0.1, 0.15) is 40.2 Å². The van der Waals surface area contributed by atoms with Gasteiger partial charge in [-0.1, -0.05) is 29.8 Å². The molecule has 5 heteroatoms. The van der Waals surface area contributed by atoms with E-state index in [9.17, 15) is 9.59 Å². The summed E-state index contributed by atoms with van der Waals surface area (Å²) in [6.07, 6.45) is 1.94. The zero-order chi connectivity index (χ0) is 19.4. The highest BCUT2D eigenvalue weighted by molar-refractivity contribution is 6.01. The number of nitrogens with one attached hydrogen (secondary N) is 1. The Bertz CT molecular complexity index is 971. The Hall–Kier alpha value is -3.21. The number of Topliss-reactive ketones (excluding diaryl/α,β-unsaturated/α-hetero) is 1. The van der Waals surface area contributed by atoms with Crippen LogP contribution in [0.15, 0.2) is 53.1 Å².